The van der Waals surface area contributed by atoms with Gasteiger partial charge in [-0.2, -0.15) is 20.2 Å². The van der Waals surface area contributed by atoms with Crippen LogP contribution in [0.1, 0.15) is 138 Å². The van der Waals surface area contributed by atoms with Gasteiger partial charge < -0.3 is 0 Å². The first-order chi connectivity index (χ1) is 32.8. The van der Waals surface area contributed by atoms with Crippen molar-refractivity contribution in [2.45, 2.75) is 123 Å². The minimum absolute atomic E-state index is 0.0954. The lowest BCUT2D eigenvalue weighted by molar-refractivity contribution is -0.115. The van der Waals surface area contributed by atoms with Gasteiger partial charge in [0.25, 0.3) is 11.8 Å². The lowest BCUT2D eigenvalue weighted by Crippen LogP contribution is -2.25. The van der Waals surface area contributed by atoms with Gasteiger partial charge in [0.2, 0.25) is 0 Å². The van der Waals surface area contributed by atoms with Crippen LogP contribution in [0.5, 0.6) is 0 Å². The largest absolute Gasteiger partial charge is 0.280 e. The van der Waals surface area contributed by atoms with Crippen molar-refractivity contribution < 1.29 is 9.59 Å². The minimum atomic E-state index is -0.105. The summed E-state index contributed by atoms with van der Waals surface area (Å²) in [6.07, 6.45) is 21.5. The molecule has 6 aromatic rings. The van der Waals surface area contributed by atoms with Crippen LogP contribution in [-0.4, -0.2) is 23.2 Å². The van der Waals surface area contributed by atoms with E-state index < -0.39 is 0 Å². The van der Waals surface area contributed by atoms with E-state index in [1.807, 2.05) is 86.7 Å². The summed E-state index contributed by atoms with van der Waals surface area (Å²) >= 11 is 3.47. The van der Waals surface area contributed by atoms with E-state index in [9.17, 15) is 9.59 Å². The molecule has 1 aliphatic carbocycles. The Balaban J connectivity index is 1.05. The first kappa shape index (κ1) is 46.2. The van der Waals surface area contributed by atoms with E-state index in [1.165, 1.54) is 130 Å². The maximum atomic E-state index is 13.6. The summed E-state index contributed by atoms with van der Waals surface area (Å²) in [6.45, 7) is 8.43. The van der Waals surface area contributed by atoms with Gasteiger partial charge in [-0.15, -0.1) is 22.7 Å². The van der Waals surface area contributed by atoms with Crippen LogP contribution in [0, 0.1) is 0 Å². The third-order valence-corrected chi connectivity index (χ3v) is 16.0. The first-order valence-electron chi connectivity index (χ1n) is 24.6. The molecule has 0 spiro atoms. The third-order valence-electron chi connectivity index (χ3n) is 13.8. The Morgan fingerprint density at radius 3 is 1.31 bits per heavy atom. The van der Waals surface area contributed by atoms with Crippen molar-refractivity contribution in [3.63, 3.8) is 0 Å². The Hall–Kier alpha value is -5.96. The number of fused-ring (bicyclic) bond motifs is 3. The number of nitrogens with zero attached hydrogens (tertiary/aromatic N) is 4. The van der Waals surface area contributed by atoms with Gasteiger partial charge in [-0.3, -0.25) is 9.59 Å². The molecule has 2 aliphatic heterocycles. The van der Waals surface area contributed by atoms with Gasteiger partial charge in [0, 0.05) is 24.9 Å². The van der Waals surface area contributed by atoms with E-state index in [-0.39, 0.29) is 17.2 Å². The van der Waals surface area contributed by atoms with Crippen molar-refractivity contribution in [3.05, 3.63) is 153 Å². The number of carbonyl (C=O) groups is 2. The first-order valence-corrected chi connectivity index (χ1v) is 26.2. The molecular formula is C59H62N4O2S2. The van der Waals surface area contributed by atoms with E-state index in [0.29, 0.717) is 11.1 Å². The molecule has 4 heterocycles. The molecule has 0 N–H and O–H groups in total. The average Bonchev–Trinajstić information content (AvgIpc) is 4.19. The van der Waals surface area contributed by atoms with Crippen molar-refractivity contribution >= 4 is 69.4 Å². The number of carbonyl (C=O) groups excluding carboxylic acids is 2. The average molecular weight is 923 g/mol. The molecular weight excluding hydrogens is 861 g/mol. The monoisotopic (exact) mass is 922 g/mol. The molecule has 2 amide bonds. The summed E-state index contributed by atoms with van der Waals surface area (Å²) in [7, 11) is 0. The quantitative estimate of drug-likeness (QED) is 0.0566. The van der Waals surface area contributed by atoms with Crippen molar-refractivity contribution in [2.75, 3.05) is 10.0 Å². The highest BCUT2D eigenvalue weighted by molar-refractivity contribution is 7.16. The minimum Gasteiger partial charge on any atom is -0.267 e. The number of hydrogen-bond donors (Lipinski definition) is 0. The number of hydrazone groups is 2. The van der Waals surface area contributed by atoms with E-state index in [0.717, 1.165) is 45.4 Å². The Kier molecular flexibility index (Phi) is 14.4. The predicted octanol–water partition coefficient (Wildman–Crippen LogP) is 16.5. The number of anilines is 2. The van der Waals surface area contributed by atoms with Crippen LogP contribution in [0.3, 0.4) is 0 Å². The zero-order chi connectivity index (χ0) is 46.3. The molecule has 0 radical (unpaired) electrons. The Morgan fingerprint density at radius 1 is 0.493 bits per heavy atom. The fourth-order valence-corrected chi connectivity index (χ4v) is 12.1. The smallest absolute Gasteiger partial charge is 0.267 e. The second kappa shape index (κ2) is 20.9. The number of hydrogen-bond acceptors (Lipinski definition) is 6. The molecule has 0 bridgehead atoms. The molecule has 0 atom stereocenters. The second-order valence-corrected chi connectivity index (χ2v) is 20.7. The molecule has 4 aromatic carbocycles. The van der Waals surface area contributed by atoms with Crippen LogP contribution in [0.25, 0.3) is 44.2 Å². The standard InChI is InChI=1S/C59H62N4O2S2/c1-5-7-9-11-13-21-35-59(36-22-14-12-10-8-6-2)53-37-43(55-33-29-47(66-55)39-51-41(3)60-62(57(51)64)45-23-17-15-18-24-45)27-31-49(53)50-32-28-44(38-54(50)59)56-34-30-48(67-56)40-52-42(4)61-63(58(52)65)46-25-19-16-20-26-46/h15-20,23-34,37-40H,5-14,21-22,35-36H2,1-4H3/b51-39+,52-40+. The van der Waals surface area contributed by atoms with Crippen LogP contribution in [0.2, 0.25) is 0 Å². The van der Waals surface area contributed by atoms with Gasteiger partial charge in [0.1, 0.15) is 0 Å². The zero-order valence-electron chi connectivity index (χ0n) is 39.5. The lowest BCUT2D eigenvalue weighted by atomic mass is 9.70. The maximum Gasteiger partial charge on any atom is 0.280 e. The Morgan fingerprint density at radius 2 is 0.896 bits per heavy atom. The predicted molar refractivity (Wildman–Crippen MR) is 285 cm³/mol. The summed E-state index contributed by atoms with van der Waals surface area (Å²) < 4.78 is 0. The van der Waals surface area contributed by atoms with Gasteiger partial charge in [0.05, 0.1) is 33.9 Å². The second-order valence-electron chi connectivity index (χ2n) is 18.4. The summed E-state index contributed by atoms with van der Waals surface area (Å²) in [5.41, 5.74) is 12.3. The van der Waals surface area contributed by atoms with Gasteiger partial charge >= 0.3 is 0 Å². The van der Waals surface area contributed by atoms with Crippen molar-refractivity contribution in [1.82, 2.24) is 0 Å². The Labute approximate surface area is 405 Å². The molecule has 2 aromatic heterocycles. The van der Waals surface area contributed by atoms with Crippen molar-refractivity contribution in [3.8, 4) is 32.0 Å². The van der Waals surface area contributed by atoms with Crippen LogP contribution in [0.15, 0.2) is 143 Å². The molecule has 3 aliphatic rings. The third kappa shape index (κ3) is 9.75. The fourth-order valence-electron chi connectivity index (χ4n) is 10.2. The van der Waals surface area contributed by atoms with Crippen LogP contribution >= 0.6 is 22.7 Å². The summed E-state index contributed by atoms with van der Waals surface area (Å²) in [5.74, 6) is -0.191. The number of rotatable bonds is 20. The van der Waals surface area contributed by atoms with Gasteiger partial charge in [-0.25, -0.2) is 0 Å². The normalized spacial score (nSPS) is 16.4. The molecule has 67 heavy (non-hydrogen) atoms. The van der Waals surface area contributed by atoms with E-state index in [1.54, 1.807) is 22.7 Å². The van der Waals surface area contributed by atoms with Gasteiger partial charge in [-0.05, 0) is 133 Å². The molecule has 8 heteroatoms. The van der Waals surface area contributed by atoms with Crippen molar-refractivity contribution in [1.29, 1.82) is 0 Å². The van der Waals surface area contributed by atoms with Crippen LogP contribution < -0.4 is 10.0 Å². The summed E-state index contributed by atoms with van der Waals surface area (Å²) in [4.78, 5) is 31.7. The molecule has 342 valence electrons. The van der Waals surface area contributed by atoms with Crippen molar-refractivity contribution in [2.24, 2.45) is 10.2 Å². The van der Waals surface area contributed by atoms with E-state index >= 15 is 0 Å². The molecule has 0 saturated carbocycles. The molecule has 0 unspecified atom stereocenters. The van der Waals surface area contributed by atoms with Gasteiger partial charge in [0.15, 0.2) is 0 Å². The fraction of sp³-hybridized carbons (Fsp3) is 0.322. The zero-order valence-corrected chi connectivity index (χ0v) is 41.2. The number of unbranched alkanes of at least 4 members (excludes halogenated alkanes) is 10. The van der Waals surface area contributed by atoms with Crippen LogP contribution in [-0.2, 0) is 15.0 Å². The number of thiophene rings is 2. The maximum absolute atomic E-state index is 13.6. The lowest BCUT2D eigenvalue weighted by Gasteiger charge is -2.33. The van der Waals surface area contributed by atoms with Gasteiger partial charge in [-0.1, -0.05) is 152 Å². The molecule has 0 saturated heterocycles. The summed E-state index contributed by atoms with van der Waals surface area (Å²) in [5, 5.41) is 12.3. The SMILES string of the molecule is CCCCCCCCC1(CCCCCCCC)c2cc(-c3ccc(/C=C4/C(=O)N(c5ccccc5)N=C4C)s3)ccc2-c2ccc(-c3ccc(/C=C4/C(=O)N(c5ccccc5)N=C4C)s3)cc21. The highest BCUT2D eigenvalue weighted by Crippen LogP contribution is 2.56. The number of para-hydroxylation sites is 2. The Bertz CT molecular complexity index is 2670. The van der Waals surface area contributed by atoms with E-state index in [2.05, 4.69) is 84.7 Å². The number of amides is 2. The highest BCUT2D eigenvalue weighted by Gasteiger charge is 2.43. The summed E-state index contributed by atoms with van der Waals surface area (Å²) in [6, 6.07) is 42.5. The molecule has 6 nitrogen and oxygen atoms in total. The van der Waals surface area contributed by atoms with Crippen LogP contribution in [0.4, 0.5) is 11.4 Å². The highest BCUT2D eigenvalue weighted by atomic mass is 32.1. The topological polar surface area (TPSA) is 65.3 Å². The molecule has 0 fully saturated rings. The molecule has 9 rings (SSSR count). The van der Waals surface area contributed by atoms with E-state index in [4.69, 9.17) is 0 Å². The number of benzene rings is 4.